The van der Waals surface area contributed by atoms with Gasteiger partial charge in [0.05, 0.1) is 4.90 Å². The van der Waals surface area contributed by atoms with Crippen LogP contribution in [0.4, 0.5) is 8.78 Å². The third-order valence-electron chi connectivity index (χ3n) is 2.43. The average Bonchev–Trinajstić information content (AvgIpc) is 2.29. The van der Waals surface area contributed by atoms with E-state index in [2.05, 4.69) is 0 Å². The number of sulfonamides is 1. The predicted octanol–water partition coefficient (Wildman–Crippen LogP) is 2.28. The van der Waals surface area contributed by atoms with Crippen molar-refractivity contribution in [1.29, 1.82) is 0 Å². The Labute approximate surface area is 103 Å². The van der Waals surface area contributed by atoms with Crippen LogP contribution in [0.5, 0.6) is 0 Å². The maximum absolute atomic E-state index is 13.8. The Bertz CT molecular complexity index is 699. The fourth-order valence-electron chi connectivity index (χ4n) is 1.57. The number of rotatable bonds is 2. The number of primary sulfonamides is 1. The van der Waals surface area contributed by atoms with Crippen molar-refractivity contribution >= 4 is 10.0 Å². The zero-order valence-electron chi connectivity index (χ0n) is 9.10. The molecule has 0 aromatic heterocycles. The molecule has 0 saturated heterocycles. The monoisotopic (exact) mass is 269 g/mol. The lowest BCUT2D eigenvalue weighted by atomic mass is 10.0. The van der Waals surface area contributed by atoms with Crippen molar-refractivity contribution in [1.82, 2.24) is 0 Å². The Morgan fingerprint density at radius 3 is 2.06 bits per heavy atom. The Morgan fingerprint density at radius 1 is 0.889 bits per heavy atom. The Hall–Kier alpha value is -1.79. The van der Waals surface area contributed by atoms with Gasteiger partial charge in [0.15, 0.2) is 0 Å². The van der Waals surface area contributed by atoms with Crippen LogP contribution in [-0.2, 0) is 10.0 Å². The fourth-order valence-corrected chi connectivity index (χ4v) is 2.10. The molecule has 0 radical (unpaired) electrons. The van der Waals surface area contributed by atoms with Crippen LogP contribution in [0, 0.1) is 11.6 Å². The zero-order chi connectivity index (χ0) is 13.3. The molecule has 0 aliphatic rings. The maximum Gasteiger partial charge on any atom is 0.238 e. The highest BCUT2D eigenvalue weighted by molar-refractivity contribution is 7.89. The van der Waals surface area contributed by atoms with Gasteiger partial charge in [-0.05, 0) is 24.3 Å². The third-order valence-corrected chi connectivity index (χ3v) is 3.34. The molecule has 0 atom stereocenters. The molecule has 0 aliphatic carbocycles. The minimum absolute atomic E-state index is 0.0134. The Kier molecular flexibility index (Phi) is 3.14. The number of nitrogens with two attached hydrogens (primary N) is 1. The highest BCUT2D eigenvalue weighted by Crippen LogP contribution is 2.26. The molecule has 94 valence electrons. The normalized spacial score (nSPS) is 11.5. The van der Waals surface area contributed by atoms with Crippen LogP contribution in [0.15, 0.2) is 47.4 Å². The van der Waals surface area contributed by atoms with Gasteiger partial charge < -0.3 is 0 Å². The van der Waals surface area contributed by atoms with Crippen molar-refractivity contribution < 1.29 is 17.2 Å². The minimum Gasteiger partial charge on any atom is -0.225 e. The van der Waals surface area contributed by atoms with E-state index in [1.54, 1.807) is 6.07 Å². The second-order valence-electron chi connectivity index (χ2n) is 3.67. The van der Waals surface area contributed by atoms with Gasteiger partial charge in [-0.3, -0.25) is 0 Å². The highest BCUT2D eigenvalue weighted by atomic mass is 32.2. The lowest BCUT2D eigenvalue weighted by molar-refractivity contribution is 0.592. The summed E-state index contributed by atoms with van der Waals surface area (Å²) < 4.78 is 49.3. The van der Waals surface area contributed by atoms with Crippen LogP contribution >= 0.6 is 0 Å². The SMILES string of the molecule is NS(=O)(=O)c1ccc(-c2ccccc2F)c(F)c1. The van der Waals surface area contributed by atoms with Gasteiger partial charge in [-0.25, -0.2) is 22.3 Å². The molecule has 0 amide bonds. The van der Waals surface area contributed by atoms with E-state index in [9.17, 15) is 17.2 Å². The first-order valence-electron chi connectivity index (χ1n) is 4.97. The smallest absolute Gasteiger partial charge is 0.225 e. The molecule has 2 N–H and O–H groups in total. The van der Waals surface area contributed by atoms with Crippen LogP contribution in [0.25, 0.3) is 11.1 Å². The van der Waals surface area contributed by atoms with Crippen LogP contribution in [0.1, 0.15) is 0 Å². The highest BCUT2D eigenvalue weighted by Gasteiger charge is 2.14. The molecule has 2 aromatic carbocycles. The molecule has 0 bridgehead atoms. The second kappa shape index (κ2) is 4.47. The van der Waals surface area contributed by atoms with E-state index >= 15 is 0 Å². The van der Waals surface area contributed by atoms with Gasteiger partial charge in [-0.2, -0.15) is 0 Å². The summed E-state index contributed by atoms with van der Waals surface area (Å²) in [6.45, 7) is 0. The van der Waals surface area contributed by atoms with Crippen molar-refractivity contribution in [2.45, 2.75) is 4.90 Å². The number of hydrogen-bond acceptors (Lipinski definition) is 2. The minimum atomic E-state index is -3.97. The van der Waals surface area contributed by atoms with Gasteiger partial charge in [0.2, 0.25) is 10.0 Å². The second-order valence-corrected chi connectivity index (χ2v) is 5.23. The van der Waals surface area contributed by atoms with E-state index < -0.39 is 21.7 Å². The lowest BCUT2D eigenvalue weighted by Crippen LogP contribution is -2.12. The molecule has 0 fully saturated rings. The first-order chi connectivity index (χ1) is 8.39. The lowest BCUT2D eigenvalue weighted by Gasteiger charge is -2.06. The molecule has 0 aliphatic heterocycles. The van der Waals surface area contributed by atoms with Gasteiger partial charge in [-0.15, -0.1) is 0 Å². The van der Waals surface area contributed by atoms with Crippen LogP contribution in [-0.4, -0.2) is 8.42 Å². The maximum atomic E-state index is 13.8. The number of hydrogen-bond donors (Lipinski definition) is 1. The summed E-state index contributed by atoms with van der Waals surface area (Å²) >= 11 is 0. The van der Waals surface area contributed by atoms with E-state index in [0.29, 0.717) is 0 Å². The van der Waals surface area contributed by atoms with Crippen molar-refractivity contribution in [3.63, 3.8) is 0 Å². The molecule has 0 spiro atoms. The Morgan fingerprint density at radius 2 is 1.50 bits per heavy atom. The predicted molar refractivity (Wildman–Crippen MR) is 63.2 cm³/mol. The molecule has 2 aromatic rings. The first-order valence-corrected chi connectivity index (χ1v) is 6.51. The average molecular weight is 269 g/mol. The summed E-state index contributed by atoms with van der Waals surface area (Å²) in [5, 5.41) is 4.88. The largest absolute Gasteiger partial charge is 0.238 e. The van der Waals surface area contributed by atoms with Gasteiger partial charge >= 0.3 is 0 Å². The molecule has 0 unspecified atom stereocenters. The molecule has 18 heavy (non-hydrogen) atoms. The van der Waals surface area contributed by atoms with E-state index in [0.717, 1.165) is 12.1 Å². The van der Waals surface area contributed by atoms with Crippen LogP contribution < -0.4 is 5.14 Å². The number of benzene rings is 2. The molecule has 0 saturated carbocycles. The van der Waals surface area contributed by atoms with Crippen molar-refractivity contribution in [3.05, 3.63) is 54.1 Å². The molecule has 0 heterocycles. The number of halogens is 2. The van der Waals surface area contributed by atoms with E-state index in [-0.39, 0.29) is 16.0 Å². The molecular weight excluding hydrogens is 260 g/mol. The summed E-state index contributed by atoms with van der Waals surface area (Å²) in [5.41, 5.74) is 0.0523. The third kappa shape index (κ3) is 2.39. The van der Waals surface area contributed by atoms with Crippen LogP contribution in [0.2, 0.25) is 0 Å². The van der Waals surface area contributed by atoms with E-state index in [1.807, 2.05) is 0 Å². The Balaban J connectivity index is 2.59. The topological polar surface area (TPSA) is 60.2 Å². The molecule has 6 heteroatoms. The fraction of sp³-hybridized carbons (Fsp3) is 0. The molecule has 2 rings (SSSR count). The first kappa shape index (κ1) is 12.7. The van der Waals surface area contributed by atoms with E-state index in [1.165, 1.54) is 24.3 Å². The van der Waals surface area contributed by atoms with Gasteiger partial charge in [0.1, 0.15) is 11.6 Å². The van der Waals surface area contributed by atoms with Crippen LogP contribution in [0.3, 0.4) is 0 Å². The quantitative estimate of drug-likeness (QED) is 0.909. The summed E-state index contributed by atoms with van der Waals surface area (Å²) in [6.07, 6.45) is 0. The van der Waals surface area contributed by atoms with Crippen molar-refractivity contribution in [3.8, 4) is 11.1 Å². The van der Waals surface area contributed by atoms with Crippen molar-refractivity contribution in [2.24, 2.45) is 5.14 Å². The molecule has 3 nitrogen and oxygen atoms in total. The summed E-state index contributed by atoms with van der Waals surface area (Å²) in [4.78, 5) is -0.347. The standard InChI is InChI=1S/C12H9F2NO2S/c13-11-4-2-1-3-9(11)10-6-5-8(7-12(10)14)18(15,16)17/h1-7H,(H2,15,16,17). The van der Waals surface area contributed by atoms with Gasteiger partial charge in [0, 0.05) is 11.1 Å². The van der Waals surface area contributed by atoms with Crippen molar-refractivity contribution in [2.75, 3.05) is 0 Å². The summed E-state index contributed by atoms with van der Waals surface area (Å²) in [7, 11) is -3.97. The van der Waals surface area contributed by atoms with Gasteiger partial charge in [-0.1, -0.05) is 18.2 Å². The van der Waals surface area contributed by atoms with Gasteiger partial charge in [0.25, 0.3) is 0 Å². The van der Waals surface area contributed by atoms with E-state index in [4.69, 9.17) is 5.14 Å². The zero-order valence-corrected chi connectivity index (χ0v) is 9.92. The summed E-state index contributed by atoms with van der Waals surface area (Å²) in [6, 6.07) is 8.75. The summed E-state index contributed by atoms with van der Waals surface area (Å²) in [5.74, 6) is -1.42. The molecular formula is C12H9F2NO2S.